The molecule has 0 aromatic heterocycles. The Morgan fingerprint density at radius 2 is 2.27 bits per heavy atom. The molecule has 1 atom stereocenters. The molecule has 0 aliphatic heterocycles. The van der Waals surface area contributed by atoms with Crippen LogP contribution >= 0.6 is 0 Å². The largest absolute Gasteiger partial charge is 0.374 e. The summed E-state index contributed by atoms with van der Waals surface area (Å²) in [5.41, 5.74) is 5.42. The van der Waals surface area contributed by atoms with Crippen LogP contribution in [-0.4, -0.2) is 25.0 Å². The van der Waals surface area contributed by atoms with Gasteiger partial charge in [-0.05, 0) is 13.3 Å². The van der Waals surface area contributed by atoms with Gasteiger partial charge in [-0.2, -0.15) is 0 Å². The molecule has 66 valence electrons. The normalized spacial score (nSPS) is 13.0. The zero-order valence-electron chi connectivity index (χ0n) is 7.30. The molecule has 3 heteroatoms. The van der Waals surface area contributed by atoms with Crippen molar-refractivity contribution in [2.24, 2.45) is 5.73 Å². The molecular weight excluding hydrogens is 142 g/mol. The van der Waals surface area contributed by atoms with Crippen molar-refractivity contribution in [3.8, 4) is 0 Å². The zero-order valence-corrected chi connectivity index (χ0v) is 7.30. The second kappa shape index (κ2) is 6.31. The van der Waals surface area contributed by atoms with E-state index in [1.807, 2.05) is 13.8 Å². The number of Topliss-reactive ketones (excluding diaryl/α,β-unsaturated/α-hetero) is 1. The quantitative estimate of drug-likeness (QED) is 0.581. The van der Waals surface area contributed by atoms with E-state index in [4.69, 9.17) is 10.5 Å². The standard InChI is InChI=1S/C8H17NO2/c1-3-4-11-6-8(10)5-7(2)9/h7H,3-6,9H2,1-2H3. The molecular formula is C8H17NO2. The number of rotatable bonds is 6. The lowest BCUT2D eigenvalue weighted by Gasteiger charge is -2.03. The first-order valence-corrected chi connectivity index (χ1v) is 4.01. The maximum atomic E-state index is 10.9. The predicted octanol–water partition coefficient (Wildman–Crippen LogP) is 0.719. The number of nitrogens with two attached hydrogens (primary N) is 1. The molecule has 0 rings (SSSR count). The molecule has 0 heterocycles. The second-order valence-electron chi connectivity index (χ2n) is 2.77. The maximum absolute atomic E-state index is 10.9. The Balaban J connectivity index is 3.23. The summed E-state index contributed by atoms with van der Waals surface area (Å²) in [7, 11) is 0. The average molecular weight is 159 g/mol. The number of hydrogen-bond acceptors (Lipinski definition) is 3. The molecule has 0 fully saturated rings. The maximum Gasteiger partial charge on any atom is 0.159 e. The average Bonchev–Trinajstić information content (AvgIpc) is 1.86. The minimum Gasteiger partial charge on any atom is -0.374 e. The van der Waals surface area contributed by atoms with E-state index < -0.39 is 0 Å². The fourth-order valence-corrected chi connectivity index (χ4v) is 0.748. The molecule has 0 aliphatic rings. The number of ether oxygens (including phenoxy) is 1. The molecule has 3 nitrogen and oxygen atoms in total. The Kier molecular flexibility index (Phi) is 6.07. The van der Waals surface area contributed by atoms with Gasteiger partial charge in [0.25, 0.3) is 0 Å². The Morgan fingerprint density at radius 3 is 2.73 bits per heavy atom. The summed E-state index contributed by atoms with van der Waals surface area (Å²) in [4.78, 5) is 10.9. The van der Waals surface area contributed by atoms with Crippen LogP contribution in [0.3, 0.4) is 0 Å². The van der Waals surface area contributed by atoms with Gasteiger partial charge in [-0.3, -0.25) is 4.79 Å². The number of hydrogen-bond donors (Lipinski definition) is 1. The number of carbonyl (C=O) groups is 1. The summed E-state index contributed by atoms with van der Waals surface area (Å²) < 4.78 is 5.04. The first-order valence-electron chi connectivity index (χ1n) is 4.01. The molecule has 0 saturated heterocycles. The third-order valence-electron chi connectivity index (χ3n) is 1.16. The Morgan fingerprint density at radius 1 is 1.64 bits per heavy atom. The van der Waals surface area contributed by atoms with Gasteiger partial charge < -0.3 is 10.5 Å². The van der Waals surface area contributed by atoms with Crippen molar-refractivity contribution >= 4 is 5.78 Å². The van der Waals surface area contributed by atoms with E-state index in [1.165, 1.54) is 0 Å². The van der Waals surface area contributed by atoms with E-state index in [9.17, 15) is 4.79 Å². The molecule has 2 N–H and O–H groups in total. The smallest absolute Gasteiger partial charge is 0.159 e. The minimum atomic E-state index is -0.0484. The van der Waals surface area contributed by atoms with E-state index in [2.05, 4.69) is 0 Å². The lowest BCUT2D eigenvalue weighted by molar-refractivity contribution is -0.123. The highest BCUT2D eigenvalue weighted by atomic mass is 16.5. The van der Waals surface area contributed by atoms with Gasteiger partial charge in [0.2, 0.25) is 0 Å². The fourth-order valence-electron chi connectivity index (χ4n) is 0.748. The monoisotopic (exact) mass is 159 g/mol. The molecule has 0 spiro atoms. The molecule has 1 unspecified atom stereocenters. The lowest BCUT2D eigenvalue weighted by atomic mass is 10.2. The molecule has 0 radical (unpaired) electrons. The van der Waals surface area contributed by atoms with E-state index >= 15 is 0 Å². The van der Waals surface area contributed by atoms with Gasteiger partial charge in [-0.1, -0.05) is 6.92 Å². The van der Waals surface area contributed by atoms with Crippen LogP contribution in [0.25, 0.3) is 0 Å². The van der Waals surface area contributed by atoms with Crippen molar-refractivity contribution in [1.29, 1.82) is 0 Å². The van der Waals surface area contributed by atoms with E-state index in [0.29, 0.717) is 13.0 Å². The van der Waals surface area contributed by atoms with Gasteiger partial charge in [0, 0.05) is 19.1 Å². The summed E-state index contributed by atoms with van der Waals surface area (Å²) in [6.07, 6.45) is 1.37. The second-order valence-corrected chi connectivity index (χ2v) is 2.77. The van der Waals surface area contributed by atoms with E-state index in [0.717, 1.165) is 6.42 Å². The Bertz CT molecular complexity index is 113. The first-order chi connectivity index (χ1) is 5.16. The Hall–Kier alpha value is -0.410. The van der Waals surface area contributed by atoms with Crippen molar-refractivity contribution in [3.63, 3.8) is 0 Å². The van der Waals surface area contributed by atoms with Gasteiger partial charge in [-0.25, -0.2) is 0 Å². The molecule has 0 amide bonds. The van der Waals surface area contributed by atoms with Crippen LogP contribution in [0, 0.1) is 0 Å². The molecule has 0 bridgehead atoms. The van der Waals surface area contributed by atoms with Crippen molar-refractivity contribution in [3.05, 3.63) is 0 Å². The van der Waals surface area contributed by atoms with Crippen LogP contribution in [-0.2, 0) is 9.53 Å². The van der Waals surface area contributed by atoms with Gasteiger partial charge in [0.15, 0.2) is 5.78 Å². The van der Waals surface area contributed by atoms with Gasteiger partial charge >= 0.3 is 0 Å². The SMILES string of the molecule is CCCOCC(=O)CC(C)N. The summed E-state index contributed by atoms with van der Waals surface area (Å²) in [5, 5.41) is 0. The summed E-state index contributed by atoms with van der Waals surface area (Å²) >= 11 is 0. The van der Waals surface area contributed by atoms with Crippen molar-refractivity contribution in [2.75, 3.05) is 13.2 Å². The predicted molar refractivity (Wildman–Crippen MR) is 44.4 cm³/mol. The molecule has 0 saturated carbocycles. The van der Waals surface area contributed by atoms with Crippen LogP contribution in [0.1, 0.15) is 26.7 Å². The van der Waals surface area contributed by atoms with Crippen molar-refractivity contribution < 1.29 is 9.53 Å². The first kappa shape index (κ1) is 10.6. The number of carbonyl (C=O) groups excluding carboxylic acids is 1. The molecule has 0 aliphatic carbocycles. The lowest BCUT2D eigenvalue weighted by Crippen LogP contribution is -2.22. The topological polar surface area (TPSA) is 52.3 Å². The summed E-state index contributed by atoms with van der Waals surface area (Å²) in [6, 6.07) is -0.0484. The highest BCUT2D eigenvalue weighted by Gasteiger charge is 2.04. The summed E-state index contributed by atoms with van der Waals surface area (Å²) in [6.45, 7) is 4.70. The third kappa shape index (κ3) is 7.49. The summed E-state index contributed by atoms with van der Waals surface area (Å²) in [5.74, 6) is 0.0912. The van der Waals surface area contributed by atoms with Crippen LogP contribution in [0.4, 0.5) is 0 Å². The zero-order chi connectivity index (χ0) is 8.69. The van der Waals surface area contributed by atoms with Crippen LogP contribution in [0.5, 0.6) is 0 Å². The van der Waals surface area contributed by atoms with Gasteiger partial charge in [-0.15, -0.1) is 0 Å². The highest BCUT2D eigenvalue weighted by molar-refractivity contribution is 5.80. The van der Waals surface area contributed by atoms with E-state index in [1.54, 1.807) is 0 Å². The van der Waals surface area contributed by atoms with Crippen molar-refractivity contribution in [2.45, 2.75) is 32.7 Å². The molecule has 0 aromatic rings. The van der Waals surface area contributed by atoms with Crippen LogP contribution in [0.15, 0.2) is 0 Å². The van der Waals surface area contributed by atoms with Crippen LogP contribution in [0.2, 0.25) is 0 Å². The Labute approximate surface area is 67.9 Å². The molecule has 11 heavy (non-hydrogen) atoms. The van der Waals surface area contributed by atoms with Gasteiger partial charge in [0.05, 0.1) is 0 Å². The van der Waals surface area contributed by atoms with Crippen LogP contribution < -0.4 is 5.73 Å². The third-order valence-corrected chi connectivity index (χ3v) is 1.16. The fraction of sp³-hybridized carbons (Fsp3) is 0.875. The minimum absolute atomic E-state index is 0.0484. The number of ketones is 1. The molecule has 0 aromatic carbocycles. The highest BCUT2D eigenvalue weighted by Crippen LogP contribution is 1.90. The van der Waals surface area contributed by atoms with E-state index in [-0.39, 0.29) is 18.4 Å². The van der Waals surface area contributed by atoms with Crippen molar-refractivity contribution in [1.82, 2.24) is 0 Å². The van der Waals surface area contributed by atoms with Gasteiger partial charge in [0.1, 0.15) is 6.61 Å².